The molecule has 2 nitrogen and oxygen atoms in total. The maximum absolute atomic E-state index is 9.16. The van der Waals surface area contributed by atoms with Gasteiger partial charge in [-0.05, 0) is 0 Å². The zero-order chi connectivity index (χ0) is 11.4. The van der Waals surface area contributed by atoms with Crippen LogP contribution in [0.2, 0.25) is 0 Å². The van der Waals surface area contributed by atoms with Gasteiger partial charge in [-0.3, -0.25) is 0 Å². The summed E-state index contributed by atoms with van der Waals surface area (Å²) in [7, 11) is 0. The van der Waals surface area contributed by atoms with Crippen LogP contribution < -0.4 is 8.92 Å². The fourth-order valence-electron chi connectivity index (χ4n) is 1.10. The monoisotopic (exact) mass is 346 g/mol. The molecular weight excluding hydrogens is 334 g/mol. The van der Waals surface area contributed by atoms with Gasteiger partial charge in [0.05, 0.1) is 0 Å². The summed E-state index contributed by atoms with van der Waals surface area (Å²) < 4.78 is 2.58. The van der Waals surface area contributed by atoms with Crippen LogP contribution in [-0.4, -0.2) is 36.5 Å². The van der Waals surface area contributed by atoms with E-state index in [1.807, 2.05) is 24.3 Å². The molecule has 2 rings (SSSR count). The van der Waals surface area contributed by atoms with Crippen LogP contribution in [0.3, 0.4) is 0 Å². The van der Waals surface area contributed by atoms with Gasteiger partial charge < -0.3 is 0 Å². The van der Waals surface area contributed by atoms with Gasteiger partial charge in [-0.1, -0.05) is 0 Å². The first-order chi connectivity index (χ1) is 7.74. The van der Waals surface area contributed by atoms with Crippen molar-refractivity contribution in [2.24, 2.45) is 0 Å². The van der Waals surface area contributed by atoms with Crippen LogP contribution in [0, 0.1) is 0 Å². The third-order valence-corrected chi connectivity index (χ3v) is 9.14. The minimum atomic E-state index is 0.316. The van der Waals surface area contributed by atoms with E-state index in [9.17, 15) is 0 Å². The van der Waals surface area contributed by atoms with Gasteiger partial charge >= 0.3 is 105 Å². The van der Waals surface area contributed by atoms with E-state index in [0.717, 1.165) is 0 Å². The fraction of sp³-hybridized carbons (Fsp3) is 0. The average molecular weight is 344 g/mol. The van der Waals surface area contributed by atoms with Gasteiger partial charge in [0.1, 0.15) is 0 Å². The number of hydrogen-bond acceptors (Lipinski definition) is 2. The van der Waals surface area contributed by atoms with Gasteiger partial charge in [-0.2, -0.15) is 0 Å². The van der Waals surface area contributed by atoms with Crippen molar-refractivity contribution in [2.75, 3.05) is 0 Å². The van der Waals surface area contributed by atoms with Crippen LogP contribution in [0.25, 0.3) is 0 Å². The van der Waals surface area contributed by atoms with Crippen molar-refractivity contribution in [3.05, 3.63) is 48.5 Å². The molecule has 2 aromatic rings. The maximum atomic E-state index is 9.16. The summed E-state index contributed by atoms with van der Waals surface area (Å²) in [6.45, 7) is 0. The quantitative estimate of drug-likeness (QED) is 0.791. The van der Waals surface area contributed by atoms with Crippen LogP contribution >= 0.6 is 0 Å². The molecule has 0 aliphatic carbocycles. The van der Waals surface area contributed by atoms with Gasteiger partial charge in [0, 0.05) is 0 Å². The molecule has 2 aromatic carbocycles. The van der Waals surface area contributed by atoms with E-state index >= 15 is 0 Å². The third kappa shape index (κ3) is 3.29. The summed E-state index contributed by atoms with van der Waals surface area (Å²) in [4.78, 5) is 0. The Kier molecular flexibility index (Phi) is 3.92. The Morgan fingerprint density at radius 1 is 0.562 bits per heavy atom. The summed E-state index contributed by atoms with van der Waals surface area (Å²) in [6, 6.07) is 14.8. The molecule has 4 heteroatoms. The second-order valence-corrected chi connectivity index (χ2v) is 9.47. The molecule has 0 amide bonds. The molecule has 0 aliphatic rings. The molecule has 16 heavy (non-hydrogen) atoms. The number of phenols is 2. The predicted octanol–water partition coefficient (Wildman–Crippen LogP) is 0.372. The van der Waals surface area contributed by atoms with Crippen LogP contribution in [0.4, 0.5) is 0 Å². The molecular formula is C12H10O2Se2. The van der Waals surface area contributed by atoms with Gasteiger partial charge in [-0.25, -0.2) is 0 Å². The SMILES string of the molecule is Oc1ccc([Se][Se]c2ccc(O)cc2)cc1. The molecule has 0 unspecified atom stereocenters. The summed E-state index contributed by atoms with van der Waals surface area (Å²) in [5.74, 6) is 0.633. The molecule has 0 atom stereocenters. The zero-order valence-electron chi connectivity index (χ0n) is 8.33. The Hall–Kier alpha value is -0.921. The molecule has 0 fully saturated rings. The molecule has 0 spiro atoms. The summed E-state index contributed by atoms with van der Waals surface area (Å²) in [5, 5.41) is 18.3. The molecule has 0 radical (unpaired) electrons. The zero-order valence-corrected chi connectivity index (χ0v) is 11.8. The van der Waals surface area contributed by atoms with Gasteiger partial charge in [0.25, 0.3) is 0 Å². The van der Waals surface area contributed by atoms with Gasteiger partial charge in [-0.15, -0.1) is 0 Å². The Labute approximate surface area is 105 Å². The average Bonchev–Trinajstić information content (AvgIpc) is 2.30. The van der Waals surface area contributed by atoms with E-state index < -0.39 is 0 Å². The van der Waals surface area contributed by atoms with Crippen molar-refractivity contribution in [3.63, 3.8) is 0 Å². The number of benzene rings is 2. The number of phenolic OH excluding ortho intramolecular Hbond substituents is 2. The number of hydrogen-bond donors (Lipinski definition) is 2. The topological polar surface area (TPSA) is 40.5 Å². The van der Waals surface area contributed by atoms with Crippen molar-refractivity contribution in [3.8, 4) is 11.5 Å². The molecule has 0 aliphatic heterocycles. The van der Waals surface area contributed by atoms with Crippen molar-refractivity contribution in [2.45, 2.75) is 0 Å². The Morgan fingerprint density at radius 3 is 1.19 bits per heavy atom. The van der Waals surface area contributed by atoms with Crippen LogP contribution in [0.1, 0.15) is 0 Å². The van der Waals surface area contributed by atoms with E-state index in [0.29, 0.717) is 37.8 Å². The molecule has 2 N–H and O–H groups in total. The van der Waals surface area contributed by atoms with Crippen molar-refractivity contribution in [1.82, 2.24) is 0 Å². The number of rotatable bonds is 3. The van der Waals surface area contributed by atoms with E-state index in [1.165, 1.54) is 8.92 Å². The molecule has 0 aromatic heterocycles. The first-order valence-corrected chi connectivity index (χ1v) is 10.7. The van der Waals surface area contributed by atoms with Gasteiger partial charge in [0.2, 0.25) is 0 Å². The standard InChI is InChI=1S/C12H10O2Se2/c13-9-1-5-11(6-2-9)15-16-12-7-3-10(14)4-8-12/h1-8,13-14H. The van der Waals surface area contributed by atoms with Gasteiger partial charge in [0.15, 0.2) is 0 Å². The van der Waals surface area contributed by atoms with E-state index in [-0.39, 0.29) is 0 Å². The number of aromatic hydroxyl groups is 2. The first kappa shape index (κ1) is 11.6. The Bertz CT molecular complexity index is 406. The predicted molar refractivity (Wildman–Crippen MR) is 67.0 cm³/mol. The van der Waals surface area contributed by atoms with Crippen LogP contribution in [0.15, 0.2) is 48.5 Å². The molecule has 0 saturated heterocycles. The first-order valence-electron chi connectivity index (χ1n) is 4.66. The third-order valence-electron chi connectivity index (χ3n) is 1.91. The summed E-state index contributed by atoms with van der Waals surface area (Å²) >= 11 is 0.856. The molecule has 0 heterocycles. The summed E-state index contributed by atoms with van der Waals surface area (Å²) in [6.07, 6.45) is 0. The fourth-order valence-corrected chi connectivity index (χ4v) is 7.06. The van der Waals surface area contributed by atoms with Crippen molar-refractivity contribution in [1.29, 1.82) is 0 Å². The van der Waals surface area contributed by atoms with Crippen LogP contribution in [-0.2, 0) is 0 Å². The normalized spacial score (nSPS) is 10.2. The Morgan fingerprint density at radius 2 is 0.875 bits per heavy atom. The minimum absolute atomic E-state index is 0.316. The summed E-state index contributed by atoms with van der Waals surface area (Å²) in [5.41, 5.74) is 0. The van der Waals surface area contributed by atoms with Crippen LogP contribution in [0.5, 0.6) is 11.5 Å². The second kappa shape index (κ2) is 5.42. The van der Waals surface area contributed by atoms with E-state index in [2.05, 4.69) is 0 Å². The molecule has 82 valence electrons. The molecule has 0 bridgehead atoms. The van der Waals surface area contributed by atoms with Crippen molar-refractivity contribution < 1.29 is 10.2 Å². The molecule has 0 saturated carbocycles. The Balaban J connectivity index is 1.97. The van der Waals surface area contributed by atoms with E-state index in [4.69, 9.17) is 10.2 Å². The second-order valence-electron chi connectivity index (χ2n) is 3.15. The van der Waals surface area contributed by atoms with E-state index in [1.54, 1.807) is 24.3 Å². The van der Waals surface area contributed by atoms with Crippen molar-refractivity contribution >= 4 is 35.2 Å².